The van der Waals surface area contributed by atoms with E-state index in [0.717, 1.165) is 4.31 Å². The van der Waals surface area contributed by atoms with Crippen LogP contribution in [0.1, 0.15) is 19.4 Å². The Kier molecular flexibility index (Phi) is 3.12. The molecular weight excluding hydrogens is 264 g/mol. The summed E-state index contributed by atoms with van der Waals surface area (Å²) in [6, 6.07) is 6.61. The molecule has 2 N–H and O–H groups in total. The first-order chi connectivity index (χ1) is 8.84. The predicted molar refractivity (Wildman–Crippen MR) is 72.9 cm³/mol. The molecule has 0 atom stereocenters. The van der Waals surface area contributed by atoms with Gasteiger partial charge >= 0.3 is 0 Å². The Bertz CT molecular complexity index is 696. The van der Waals surface area contributed by atoms with Crippen molar-refractivity contribution in [3.63, 3.8) is 0 Å². The highest BCUT2D eigenvalue weighted by Crippen LogP contribution is 2.40. The Morgan fingerprint density at radius 1 is 1.32 bits per heavy atom. The Balaban J connectivity index is 2.54. The van der Waals surface area contributed by atoms with Crippen LogP contribution in [-0.4, -0.2) is 25.6 Å². The maximum absolute atomic E-state index is 12.1. The average molecular weight is 278 g/mol. The molecule has 1 aliphatic rings. The summed E-state index contributed by atoms with van der Waals surface area (Å²) in [6.45, 7) is 2.96. The highest BCUT2D eigenvalue weighted by Gasteiger charge is 2.61. The fourth-order valence-corrected chi connectivity index (χ4v) is 3.30. The van der Waals surface area contributed by atoms with Crippen molar-refractivity contribution >= 4 is 21.6 Å². The number of carbonyl (C=O) groups excluding carboxylic acids is 1. The van der Waals surface area contributed by atoms with Crippen LogP contribution >= 0.6 is 0 Å². The first-order valence-corrected chi connectivity index (χ1v) is 7.15. The Morgan fingerprint density at radius 2 is 1.95 bits per heavy atom. The molecule has 0 saturated carbocycles. The van der Waals surface area contributed by atoms with Gasteiger partial charge in [0.1, 0.15) is 0 Å². The molecule has 5 nitrogen and oxygen atoms in total. The van der Waals surface area contributed by atoms with Crippen LogP contribution in [0.2, 0.25) is 0 Å². The van der Waals surface area contributed by atoms with Gasteiger partial charge in [0.15, 0.2) is 4.75 Å². The molecule has 0 aromatic heterocycles. The summed E-state index contributed by atoms with van der Waals surface area (Å²) in [4.78, 5) is 12.0. The van der Waals surface area contributed by atoms with Gasteiger partial charge in [0.2, 0.25) is 0 Å². The maximum atomic E-state index is 12.1. The fraction of sp³-hybridized carbons (Fsp3) is 0.308. The largest absolute Gasteiger partial charge is 0.320 e. The molecule has 1 aromatic rings. The lowest BCUT2D eigenvalue weighted by Crippen LogP contribution is -2.67. The molecule has 1 heterocycles. The molecule has 1 aliphatic heterocycles. The molecule has 0 spiro atoms. The molecule has 1 aromatic carbocycles. The zero-order valence-electron chi connectivity index (χ0n) is 10.7. The summed E-state index contributed by atoms with van der Waals surface area (Å²) in [7, 11) is -3.67. The van der Waals surface area contributed by atoms with Gasteiger partial charge in [-0.3, -0.25) is 4.79 Å². The van der Waals surface area contributed by atoms with Gasteiger partial charge in [-0.2, -0.15) is 0 Å². The van der Waals surface area contributed by atoms with E-state index in [0.29, 0.717) is 5.56 Å². The summed E-state index contributed by atoms with van der Waals surface area (Å²) in [6.07, 6.45) is 0. The molecule has 0 aliphatic carbocycles. The average Bonchev–Trinajstić information content (AvgIpc) is 2.37. The number of amides is 1. The number of hydrogen-bond acceptors (Lipinski definition) is 4. The highest BCUT2D eigenvalue weighted by atomic mass is 32.2. The monoisotopic (exact) mass is 278 g/mol. The highest BCUT2D eigenvalue weighted by molar-refractivity contribution is 7.98. The minimum absolute atomic E-state index is 0.167. The number of nitrogens with two attached hydrogens (primary N) is 1. The van der Waals surface area contributed by atoms with Crippen LogP contribution in [0.4, 0.5) is 5.69 Å². The molecule has 19 heavy (non-hydrogen) atoms. The van der Waals surface area contributed by atoms with Gasteiger partial charge in [0.05, 0.1) is 12.2 Å². The van der Waals surface area contributed by atoms with E-state index >= 15 is 0 Å². The minimum atomic E-state index is -3.67. The first-order valence-electron chi connectivity index (χ1n) is 5.71. The topological polar surface area (TPSA) is 80.5 Å². The summed E-state index contributed by atoms with van der Waals surface area (Å²) < 4.78 is 23.7. The van der Waals surface area contributed by atoms with E-state index in [-0.39, 0.29) is 12.2 Å². The van der Waals surface area contributed by atoms with E-state index in [2.05, 4.69) is 11.8 Å². The van der Waals surface area contributed by atoms with E-state index in [1.165, 1.54) is 13.8 Å². The molecule has 0 radical (unpaired) electrons. The molecule has 6 heteroatoms. The Labute approximate surface area is 112 Å². The van der Waals surface area contributed by atoms with Crippen molar-refractivity contribution in [2.75, 3.05) is 10.8 Å². The minimum Gasteiger partial charge on any atom is -0.320 e. The number of rotatable bonds is 1. The van der Waals surface area contributed by atoms with Crippen LogP contribution < -0.4 is 10.0 Å². The van der Waals surface area contributed by atoms with Crippen molar-refractivity contribution in [2.24, 2.45) is 5.73 Å². The van der Waals surface area contributed by atoms with Crippen molar-refractivity contribution in [1.82, 2.24) is 0 Å². The Morgan fingerprint density at radius 3 is 2.53 bits per heavy atom. The number of hydrogen-bond donors (Lipinski definition) is 1. The molecular formula is C13H14N2O3S. The van der Waals surface area contributed by atoms with Crippen molar-refractivity contribution in [3.8, 4) is 11.8 Å². The summed E-state index contributed by atoms with van der Waals surface area (Å²) in [5.41, 5.74) is 6.06. The van der Waals surface area contributed by atoms with E-state index < -0.39 is 20.7 Å². The van der Waals surface area contributed by atoms with Crippen LogP contribution in [0.15, 0.2) is 24.3 Å². The van der Waals surface area contributed by atoms with E-state index in [9.17, 15) is 13.2 Å². The van der Waals surface area contributed by atoms with Gasteiger partial charge in [0.25, 0.3) is 15.9 Å². The van der Waals surface area contributed by atoms with Crippen LogP contribution in [0, 0.1) is 11.8 Å². The van der Waals surface area contributed by atoms with E-state index in [1.807, 2.05) is 0 Å². The number of benzene rings is 1. The smallest absolute Gasteiger partial charge is 0.263 e. The molecule has 0 unspecified atom stereocenters. The summed E-state index contributed by atoms with van der Waals surface area (Å²) >= 11 is 0. The van der Waals surface area contributed by atoms with Crippen LogP contribution in [0.25, 0.3) is 0 Å². The predicted octanol–water partition coefficient (Wildman–Crippen LogP) is 0.452. The number of para-hydroxylation sites is 1. The lowest BCUT2D eigenvalue weighted by molar-refractivity contribution is -0.120. The SMILES string of the molecule is CC1(C)C(=O)N(c2ccccc2C#CCN)S1(=O)=O. The first kappa shape index (κ1) is 13.6. The molecule has 1 saturated heterocycles. The van der Waals surface area contributed by atoms with E-state index in [1.54, 1.807) is 24.3 Å². The number of anilines is 1. The standard InChI is InChI=1S/C13H14N2O3S/c1-13(2)12(16)15(19(13,17)18)11-8-4-3-6-10(11)7-5-9-14/h3-4,6,8H,9,14H2,1-2H3. The van der Waals surface area contributed by atoms with Gasteiger partial charge in [-0.05, 0) is 26.0 Å². The lowest BCUT2D eigenvalue weighted by Gasteiger charge is -2.43. The molecule has 100 valence electrons. The van der Waals surface area contributed by atoms with Gasteiger partial charge < -0.3 is 5.73 Å². The Hall–Kier alpha value is -1.84. The second-order valence-electron chi connectivity index (χ2n) is 4.61. The van der Waals surface area contributed by atoms with Crippen molar-refractivity contribution in [1.29, 1.82) is 0 Å². The summed E-state index contributed by atoms with van der Waals surface area (Å²) in [5.74, 6) is 4.98. The van der Waals surface area contributed by atoms with Crippen LogP contribution in [-0.2, 0) is 14.8 Å². The normalized spacial score (nSPS) is 19.3. The third-order valence-electron chi connectivity index (χ3n) is 3.03. The van der Waals surface area contributed by atoms with Crippen LogP contribution in [0.5, 0.6) is 0 Å². The third kappa shape index (κ3) is 1.82. The van der Waals surface area contributed by atoms with Crippen molar-refractivity contribution < 1.29 is 13.2 Å². The van der Waals surface area contributed by atoms with Crippen molar-refractivity contribution in [2.45, 2.75) is 18.6 Å². The second kappa shape index (κ2) is 4.37. The van der Waals surface area contributed by atoms with Crippen molar-refractivity contribution in [3.05, 3.63) is 29.8 Å². The van der Waals surface area contributed by atoms with Gasteiger partial charge in [-0.1, -0.05) is 24.0 Å². The molecule has 1 fully saturated rings. The lowest BCUT2D eigenvalue weighted by atomic mass is 10.1. The zero-order valence-corrected chi connectivity index (χ0v) is 11.5. The van der Waals surface area contributed by atoms with E-state index in [4.69, 9.17) is 5.73 Å². The summed E-state index contributed by atoms with van der Waals surface area (Å²) in [5, 5.41) is 0. The van der Waals surface area contributed by atoms with Gasteiger partial charge in [-0.15, -0.1) is 0 Å². The second-order valence-corrected chi connectivity index (χ2v) is 6.94. The van der Waals surface area contributed by atoms with Gasteiger partial charge in [0, 0.05) is 5.56 Å². The maximum Gasteiger partial charge on any atom is 0.263 e. The third-order valence-corrected chi connectivity index (χ3v) is 5.34. The fourth-order valence-electron chi connectivity index (χ4n) is 1.79. The van der Waals surface area contributed by atoms with Crippen LogP contribution in [0.3, 0.4) is 0 Å². The van der Waals surface area contributed by atoms with Gasteiger partial charge in [-0.25, -0.2) is 12.7 Å². The molecule has 1 amide bonds. The number of sulfonamides is 1. The zero-order chi connectivity index (χ0) is 14.3. The molecule has 2 rings (SSSR count). The number of nitrogens with zero attached hydrogens (tertiary/aromatic N) is 1. The number of carbonyl (C=O) groups is 1. The quantitative estimate of drug-likeness (QED) is 0.756. The molecule has 0 bridgehead atoms.